The van der Waals surface area contributed by atoms with E-state index >= 15 is 0 Å². The predicted octanol–water partition coefficient (Wildman–Crippen LogP) is 3.74. The van der Waals surface area contributed by atoms with Crippen molar-refractivity contribution in [1.82, 2.24) is 10.6 Å². The molecule has 0 spiro atoms. The van der Waals surface area contributed by atoms with Crippen LogP contribution in [0.15, 0.2) is 28.6 Å². The lowest BCUT2D eigenvalue weighted by Gasteiger charge is -2.14. The third kappa shape index (κ3) is 4.58. The number of hydrogen-bond donors (Lipinski definition) is 2. The van der Waals surface area contributed by atoms with E-state index in [0.717, 1.165) is 24.5 Å². The van der Waals surface area contributed by atoms with E-state index < -0.39 is 0 Å². The van der Waals surface area contributed by atoms with Gasteiger partial charge in [-0.05, 0) is 41.6 Å². The molecule has 0 aliphatic carbocycles. The third-order valence-electron chi connectivity index (χ3n) is 3.93. The molecule has 1 aliphatic rings. The maximum absolute atomic E-state index is 6.34. The molecule has 2 aromatic rings. The van der Waals surface area contributed by atoms with Gasteiger partial charge in [0.2, 0.25) is 0 Å². The lowest BCUT2D eigenvalue weighted by Crippen LogP contribution is -2.36. The van der Waals surface area contributed by atoms with Crippen LogP contribution in [0.3, 0.4) is 0 Å². The molecule has 0 amide bonds. The Hall–Kier alpha value is -1.92. The van der Waals surface area contributed by atoms with Gasteiger partial charge in [0, 0.05) is 24.9 Å². The lowest BCUT2D eigenvalue weighted by molar-refractivity contribution is 0.297. The fourth-order valence-electron chi connectivity index (χ4n) is 2.54. The fourth-order valence-corrected chi connectivity index (χ4v) is 3.68. The molecule has 7 heteroatoms. The van der Waals surface area contributed by atoms with Gasteiger partial charge < -0.3 is 20.1 Å². The van der Waals surface area contributed by atoms with Crippen molar-refractivity contribution >= 4 is 28.9 Å². The number of ether oxygens (including phenoxy) is 2. The number of rotatable bonds is 4. The molecule has 5 nitrogen and oxygen atoms in total. The molecule has 134 valence electrons. The van der Waals surface area contributed by atoms with Crippen LogP contribution in [0.1, 0.15) is 22.4 Å². The van der Waals surface area contributed by atoms with E-state index in [0.29, 0.717) is 36.3 Å². The summed E-state index contributed by atoms with van der Waals surface area (Å²) in [6, 6.07) is 5.99. The van der Waals surface area contributed by atoms with E-state index in [1.54, 1.807) is 18.4 Å². The Bertz CT molecular complexity index is 761. The van der Waals surface area contributed by atoms with Gasteiger partial charge in [0.25, 0.3) is 0 Å². The highest BCUT2D eigenvalue weighted by Gasteiger charge is 2.15. The van der Waals surface area contributed by atoms with Crippen LogP contribution in [0.4, 0.5) is 0 Å². The molecule has 2 N–H and O–H groups in total. The molecule has 0 saturated carbocycles. The number of aliphatic imine (C=N–C) groups is 1. The zero-order valence-corrected chi connectivity index (χ0v) is 16.0. The highest BCUT2D eigenvalue weighted by atomic mass is 35.5. The number of nitrogens with one attached hydrogen (secondary N) is 2. The van der Waals surface area contributed by atoms with Crippen molar-refractivity contribution in [2.75, 3.05) is 20.3 Å². The second-order valence-electron chi connectivity index (χ2n) is 5.76. The molecule has 1 aromatic carbocycles. The first-order chi connectivity index (χ1) is 12.2. The number of benzene rings is 1. The van der Waals surface area contributed by atoms with Crippen molar-refractivity contribution in [2.24, 2.45) is 4.99 Å². The number of nitrogens with zero attached hydrogens (tertiary/aromatic N) is 1. The number of hydrogen-bond acceptors (Lipinski definition) is 4. The van der Waals surface area contributed by atoms with Crippen molar-refractivity contribution in [2.45, 2.75) is 26.4 Å². The summed E-state index contributed by atoms with van der Waals surface area (Å²) in [5, 5.41) is 9.31. The Morgan fingerprint density at radius 2 is 2.04 bits per heavy atom. The molecule has 25 heavy (non-hydrogen) atoms. The summed E-state index contributed by atoms with van der Waals surface area (Å²) >= 11 is 8.08. The molecule has 0 bridgehead atoms. The van der Waals surface area contributed by atoms with Crippen LogP contribution in [0.2, 0.25) is 5.02 Å². The Kier molecular flexibility index (Phi) is 6.04. The summed E-state index contributed by atoms with van der Waals surface area (Å²) in [6.45, 7) is 4.74. The molecule has 0 atom stereocenters. The molecule has 1 aliphatic heterocycles. The summed E-state index contributed by atoms with van der Waals surface area (Å²) in [5.74, 6) is 2.09. The zero-order chi connectivity index (χ0) is 17.6. The van der Waals surface area contributed by atoms with Crippen LogP contribution in [0.25, 0.3) is 0 Å². The number of guanidine groups is 1. The lowest BCUT2D eigenvalue weighted by atomic mass is 10.2. The van der Waals surface area contributed by atoms with E-state index in [1.165, 1.54) is 10.4 Å². The summed E-state index contributed by atoms with van der Waals surface area (Å²) in [6.07, 6.45) is 0.858. The quantitative estimate of drug-likeness (QED) is 0.627. The normalized spacial score (nSPS) is 14.1. The Morgan fingerprint density at radius 1 is 1.24 bits per heavy atom. The first-order valence-electron chi connectivity index (χ1n) is 8.23. The molecular formula is C18H22ClN3O2S. The molecule has 1 aromatic heterocycles. The minimum absolute atomic E-state index is 0.577. The van der Waals surface area contributed by atoms with Crippen LogP contribution in [0, 0.1) is 6.92 Å². The minimum atomic E-state index is 0.577. The Labute approximate surface area is 157 Å². The van der Waals surface area contributed by atoms with Gasteiger partial charge in [-0.1, -0.05) is 11.6 Å². The second-order valence-corrected chi connectivity index (χ2v) is 7.17. The van der Waals surface area contributed by atoms with Crippen molar-refractivity contribution in [3.05, 3.63) is 44.6 Å². The van der Waals surface area contributed by atoms with Gasteiger partial charge >= 0.3 is 0 Å². The van der Waals surface area contributed by atoms with Crippen molar-refractivity contribution < 1.29 is 9.47 Å². The third-order valence-corrected chi connectivity index (χ3v) is 5.23. The zero-order valence-electron chi connectivity index (χ0n) is 14.4. The van der Waals surface area contributed by atoms with E-state index in [9.17, 15) is 0 Å². The smallest absolute Gasteiger partial charge is 0.191 e. The van der Waals surface area contributed by atoms with E-state index in [2.05, 4.69) is 34.0 Å². The molecular weight excluding hydrogens is 358 g/mol. The molecule has 0 fully saturated rings. The van der Waals surface area contributed by atoms with Gasteiger partial charge in [-0.3, -0.25) is 4.99 Å². The van der Waals surface area contributed by atoms with Gasteiger partial charge in [-0.25, -0.2) is 0 Å². The van der Waals surface area contributed by atoms with Crippen LogP contribution >= 0.6 is 22.9 Å². The first-order valence-corrected chi connectivity index (χ1v) is 9.48. The number of halogens is 1. The van der Waals surface area contributed by atoms with Gasteiger partial charge in [-0.2, -0.15) is 0 Å². The first kappa shape index (κ1) is 17.9. The van der Waals surface area contributed by atoms with Crippen LogP contribution in [0.5, 0.6) is 11.5 Å². The van der Waals surface area contributed by atoms with E-state index in [4.69, 9.17) is 21.1 Å². The van der Waals surface area contributed by atoms with Crippen molar-refractivity contribution in [3.63, 3.8) is 0 Å². The summed E-state index contributed by atoms with van der Waals surface area (Å²) in [5.41, 5.74) is 2.31. The SMILES string of the molecule is CN=C(NCc1cc(Cl)c2c(c1)OCCCO2)NCc1sccc1C. The maximum atomic E-state index is 6.34. The second kappa shape index (κ2) is 8.45. The van der Waals surface area contributed by atoms with Gasteiger partial charge in [0.05, 0.1) is 24.8 Å². The fraction of sp³-hybridized carbons (Fsp3) is 0.389. The molecule has 3 rings (SSSR count). The summed E-state index contributed by atoms with van der Waals surface area (Å²) in [4.78, 5) is 5.57. The number of fused-ring (bicyclic) bond motifs is 1. The molecule has 0 radical (unpaired) electrons. The summed E-state index contributed by atoms with van der Waals surface area (Å²) < 4.78 is 11.4. The average molecular weight is 380 g/mol. The highest BCUT2D eigenvalue weighted by Crippen LogP contribution is 2.37. The molecule has 0 saturated heterocycles. The average Bonchev–Trinajstić information content (AvgIpc) is 2.87. The van der Waals surface area contributed by atoms with E-state index in [1.807, 2.05) is 12.1 Å². The monoisotopic (exact) mass is 379 g/mol. The number of thiophene rings is 1. The van der Waals surface area contributed by atoms with Crippen LogP contribution in [-0.4, -0.2) is 26.2 Å². The largest absolute Gasteiger partial charge is 0.489 e. The minimum Gasteiger partial charge on any atom is -0.489 e. The van der Waals surface area contributed by atoms with Gasteiger partial charge in [-0.15, -0.1) is 11.3 Å². The maximum Gasteiger partial charge on any atom is 0.191 e. The highest BCUT2D eigenvalue weighted by molar-refractivity contribution is 7.10. The van der Waals surface area contributed by atoms with Crippen LogP contribution < -0.4 is 20.1 Å². The Morgan fingerprint density at radius 3 is 2.80 bits per heavy atom. The Balaban J connectivity index is 1.61. The van der Waals surface area contributed by atoms with Gasteiger partial charge in [0.1, 0.15) is 0 Å². The molecule has 0 unspecified atom stereocenters. The van der Waals surface area contributed by atoms with Crippen molar-refractivity contribution in [1.29, 1.82) is 0 Å². The number of aryl methyl sites for hydroxylation is 1. The molecule has 2 heterocycles. The predicted molar refractivity (Wildman–Crippen MR) is 103 cm³/mol. The topological polar surface area (TPSA) is 54.9 Å². The van der Waals surface area contributed by atoms with Crippen LogP contribution in [-0.2, 0) is 13.1 Å². The van der Waals surface area contributed by atoms with Crippen molar-refractivity contribution in [3.8, 4) is 11.5 Å². The van der Waals surface area contributed by atoms with Gasteiger partial charge in [0.15, 0.2) is 17.5 Å². The summed E-state index contributed by atoms with van der Waals surface area (Å²) in [7, 11) is 1.76. The standard InChI is InChI=1S/C18H22ClN3O2S/c1-12-4-7-25-16(12)11-22-18(20-2)21-10-13-8-14(19)17-15(9-13)23-5-3-6-24-17/h4,7-9H,3,5-6,10-11H2,1-2H3,(H2,20,21,22). The van der Waals surface area contributed by atoms with E-state index in [-0.39, 0.29) is 0 Å².